The summed E-state index contributed by atoms with van der Waals surface area (Å²) >= 11 is 0. The smallest absolute Gasteiger partial charge is 0.196 e. The number of carbonyl (C=O) groups is 1. The second-order valence-electron chi connectivity index (χ2n) is 11.9. The number of nitrogen functional groups attached to an aromatic ring is 1. The normalized spacial score (nSPS) is 14.6. The lowest BCUT2D eigenvalue weighted by molar-refractivity contribution is 0.103. The molecule has 1 aromatic heterocycles. The number of benzene rings is 2. The Morgan fingerprint density at radius 1 is 1.03 bits per heavy atom. The molecule has 0 fully saturated rings. The highest BCUT2D eigenvalue weighted by atomic mass is 16.5. The first kappa shape index (κ1) is 28.0. The molecule has 4 rings (SSSR count). The molecule has 2 aromatic carbocycles. The Hall–Kier alpha value is -3.05. The molecule has 5 heteroatoms. The van der Waals surface area contributed by atoms with Crippen LogP contribution in [0.4, 0.5) is 0 Å². The molecule has 0 saturated carbocycles. The number of unbranched alkanes of at least 4 members (excludes halogenated alkanes) is 5. The maximum absolute atomic E-state index is 13.6. The van der Waals surface area contributed by atoms with Crippen LogP contribution < -0.4 is 10.6 Å². The van der Waals surface area contributed by atoms with Gasteiger partial charge in [0.2, 0.25) is 0 Å². The largest absolute Gasteiger partial charge is 0.493 e. The van der Waals surface area contributed by atoms with Gasteiger partial charge in [0, 0.05) is 42.3 Å². The SMILES string of the molecule is CCCCCCCCOc1ccccc1C(=O)c1ccc2c(c1)c(C1=CCN(CC(C)(C)C)CC1)cn2N. The Balaban J connectivity index is 1.51. The fraction of sp³-hybridized carbons (Fsp3) is 0.485. The van der Waals surface area contributed by atoms with Crippen molar-refractivity contribution < 1.29 is 9.53 Å². The minimum absolute atomic E-state index is 0.0184. The number of carbonyl (C=O) groups excluding carboxylic acids is 1. The van der Waals surface area contributed by atoms with Gasteiger partial charge in [-0.1, -0.05) is 78.0 Å². The van der Waals surface area contributed by atoms with Crippen LogP contribution >= 0.6 is 0 Å². The van der Waals surface area contributed by atoms with Gasteiger partial charge in [-0.05, 0) is 54.2 Å². The van der Waals surface area contributed by atoms with Gasteiger partial charge >= 0.3 is 0 Å². The van der Waals surface area contributed by atoms with Crippen LogP contribution in [0.15, 0.2) is 54.7 Å². The molecule has 0 bridgehead atoms. The molecule has 0 aliphatic carbocycles. The molecule has 0 atom stereocenters. The van der Waals surface area contributed by atoms with E-state index < -0.39 is 0 Å². The van der Waals surface area contributed by atoms with Gasteiger partial charge in [-0.3, -0.25) is 14.4 Å². The highest BCUT2D eigenvalue weighted by Crippen LogP contribution is 2.32. The van der Waals surface area contributed by atoms with Gasteiger partial charge in [0.15, 0.2) is 5.78 Å². The Bertz CT molecular complexity index is 1260. The first-order chi connectivity index (χ1) is 18.3. The molecular formula is C33H45N3O2. The van der Waals surface area contributed by atoms with Crippen LogP contribution in [-0.4, -0.2) is 41.6 Å². The van der Waals surface area contributed by atoms with Crippen molar-refractivity contribution in [2.24, 2.45) is 5.41 Å². The quantitative estimate of drug-likeness (QED) is 0.154. The zero-order valence-corrected chi connectivity index (χ0v) is 23.8. The van der Waals surface area contributed by atoms with Gasteiger partial charge in [0.05, 0.1) is 17.7 Å². The number of ketones is 1. The molecule has 2 heterocycles. The van der Waals surface area contributed by atoms with Gasteiger partial charge in [-0.15, -0.1) is 0 Å². The van der Waals surface area contributed by atoms with E-state index in [1.54, 1.807) is 4.68 Å². The number of fused-ring (bicyclic) bond motifs is 1. The number of hydrogen-bond acceptors (Lipinski definition) is 4. The first-order valence-electron chi connectivity index (χ1n) is 14.4. The first-order valence-corrected chi connectivity index (χ1v) is 14.4. The van der Waals surface area contributed by atoms with Crippen LogP contribution in [0.5, 0.6) is 5.75 Å². The van der Waals surface area contributed by atoms with Crippen molar-refractivity contribution in [2.45, 2.75) is 72.6 Å². The van der Waals surface area contributed by atoms with E-state index in [0.29, 0.717) is 23.5 Å². The minimum atomic E-state index is -0.0184. The summed E-state index contributed by atoms with van der Waals surface area (Å²) in [4.78, 5) is 16.2. The number of para-hydroxylation sites is 1. The third kappa shape index (κ3) is 7.08. The summed E-state index contributed by atoms with van der Waals surface area (Å²) in [5.41, 5.74) is 4.91. The second-order valence-corrected chi connectivity index (χ2v) is 11.9. The second kappa shape index (κ2) is 12.7. The van der Waals surface area contributed by atoms with Crippen molar-refractivity contribution >= 4 is 22.3 Å². The average Bonchev–Trinajstić information content (AvgIpc) is 3.23. The molecule has 0 saturated heterocycles. The third-order valence-corrected chi connectivity index (χ3v) is 7.32. The lowest BCUT2D eigenvalue weighted by Gasteiger charge is -2.32. The number of ether oxygens (including phenoxy) is 1. The van der Waals surface area contributed by atoms with Crippen molar-refractivity contribution in [1.29, 1.82) is 0 Å². The summed E-state index contributed by atoms with van der Waals surface area (Å²) in [6, 6.07) is 13.4. The molecule has 0 amide bonds. The summed E-state index contributed by atoms with van der Waals surface area (Å²) in [6.07, 6.45) is 12.5. The lowest BCUT2D eigenvalue weighted by Crippen LogP contribution is -2.35. The highest BCUT2D eigenvalue weighted by Gasteiger charge is 2.22. The monoisotopic (exact) mass is 515 g/mol. The Labute approximate surface area is 228 Å². The molecule has 38 heavy (non-hydrogen) atoms. The molecule has 5 nitrogen and oxygen atoms in total. The van der Waals surface area contributed by atoms with Gasteiger partial charge in [-0.25, -0.2) is 0 Å². The van der Waals surface area contributed by atoms with E-state index in [9.17, 15) is 4.79 Å². The van der Waals surface area contributed by atoms with Gasteiger partial charge in [0.1, 0.15) is 5.75 Å². The van der Waals surface area contributed by atoms with Crippen LogP contribution in [0.2, 0.25) is 0 Å². The van der Waals surface area contributed by atoms with Gasteiger partial charge < -0.3 is 10.6 Å². The summed E-state index contributed by atoms with van der Waals surface area (Å²) in [7, 11) is 0. The summed E-state index contributed by atoms with van der Waals surface area (Å²) in [6.45, 7) is 12.8. The number of aromatic nitrogens is 1. The summed E-state index contributed by atoms with van der Waals surface area (Å²) in [5.74, 6) is 6.98. The fourth-order valence-corrected chi connectivity index (χ4v) is 5.42. The van der Waals surface area contributed by atoms with E-state index in [1.807, 2.05) is 48.7 Å². The van der Waals surface area contributed by atoms with Crippen LogP contribution in [0, 0.1) is 5.41 Å². The Morgan fingerprint density at radius 2 is 1.79 bits per heavy atom. The molecule has 3 aromatic rings. The lowest BCUT2D eigenvalue weighted by atomic mass is 9.93. The summed E-state index contributed by atoms with van der Waals surface area (Å²) < 4.78 is 7.76. The predicted molar refractivity (Wildman–Crippen MR) is 159 cm³/mol. The van der Waals surface area contributed by atoms with E-state index in [2.05, 4.69) is 38.7 Å². The number of hydrogen-bond donors (Lipinski definition) is 1. The Morgan fingerprint density at radius 3 is 2.53 bits per heavy atom. The number of nitrogens with zero attached hydrogens (tertiary/aromatic N) is 2. The van der Waals surface area contributed by atoms with Crippen LogP contribution in [0.1, 0.15) is 94.1 Å². The number of nitrogens with two attached hydrogens (primary N) is 1. The molecule has 1 aliphatic rings. The third-order valence-electron chi connectivity index (χ3n) is 7.32. The van der Waals surface area contributed by atoms with E-state index in [0.717, 1.165) is 55.4 Å². The molecule has 0 radical (unpaired) electrons. The van der Waals surface area contributed by atoms with Crippen molar-refractivity contribution in [3.8, 4) is 5.75 Å². The molecular weight excluding hydrogens is 470 g/mol. The summed E-state index contributed by atoms with van der Waals surface area (Å²) in [5, 5.41) is 1.03. The van der Waals surface area contributed by atoms with Crippen LogP contribution in [0.25, 0.3) is 16.5 Å². The topological polar surface area (TPSA) is 60.5 Å². The predicted octanol–water partition coefficient (Wildman–Crippen LogP) is 7.46. The average molecular weight is 516 g/mol. The molecule has 204 valence electrons. The van der Waals surface area contributed by atoms with Crippen molar-refractivity contribution in [2.75, 3.05) is 32.1 Å². The zero-order valence-electron chi connectivity index (χ0n) is 23.8. The van der Waals surface area contributed by atoms with Crippen molar-refractivity contribution in [3.63, 3.8) is 0 Å². The van der Waals surface area contributed by atoms with Gasteiger partial charge in [-0.2, -0.15) is 0 Å². The van der Waals surface area contributed by atoms with E-state index in [-0.39, 0.29) is 11.2 Å². The maximum Gasteiger partial charge on any atom is 0.196 e. The van der Waals surface area contributed by atoms with E-state index in [4.69, 9.17) is 10.6 Å². The zero-order chi connectivity index (χ0) is 27.1. The molecule has 1 aliphatic heterocycles. The molecule has 0 spiro atoms. The van der Waals surface area contributed by atoms with Crippen molar-refractivity contribution in [3.05, 3.63) is 71.4 Å². The molecule has 0 unspecified atom stereocenters. The molecule has 2 N–H and O–H groups in total. The standard InChI is InChI=1S/C33H45N3O2/c1-5-6-7-8-9-12-21-38-31-14-11-10-13-27(31)32(37)26-15-16-30-28(22-26)29(23-36(30)34)25-17-19-35(20-18-25)24-33(2,3)4/h10-11,13-17,22-23H,5-9,12,18-21,24,34H2,1-4H3. The maximum atomic E-state index is 13.6. The Kier molecular flexibility index (Phi) is 9.32. The highest BCUT2D eigenvalue weighted by molar-refractivity contribution is 6.12. The minimum Gasteiger partial charge on any atom is -0.493 e. The van der Waals surface area contributed by atoms with Crippen LogP contribution in [0.3, 0.4) is 0 Å². The van der Waals surface area contributed by atoms with E-state index >= 15 is 0 Å². The van der Waals surface area contributed by atoms with Crippen molar-refractivity contribution in [1.82, 2.24) is 9.58 Å². The number of rotatable bonds is 12. The van der Waals surface area contributed by atoms with Crippen LogP contribution in [-0.2, 0) is 0 Å². The van der Waals surface area contributed by atoms with E-state index in [1.165, 1.54) is 31.3 Å². The fourth-order valence-electron chi connectivity index (χ4n) is 5.42. The van der Waals surface area contributed by atoms with Gasteiger partial charge in [0.25, 0.3) is 0 Å².